The average molecular weight is 296 g/mol. The van der Waals surface area contributed by atoms with E-state index in [0.29, 0.717) is 12.5 Å². The molecule has 2 rings (SSSR count). The molecule has 0 radical (unpaired) electrons. The summed E-state index contributed by atoms with van der Waals surface area (Å²) in [6, 6.07) is 0.256. The van der Waals surface area contributed by atoms with Crippen LogP contribution in [0.4, 0.5) is 4.79 Å². The molecule has 2 amide bonds. The Labute approximate surface area is 127 Å². The predicted molar refractivity (Wildman–Crippen MR) is 81.0 cm³/mol. The van der Waals surface area contributed by atoms with Gasteiger partial charge < -0.3 is 15.3 Å². The van der Waals surface area contributed by atoms with Gasteiger partial charge in [0.05, 0.1) is 5.92 Å². The van der Waals surface area contributed by atoms with Crippen LogP contribution in [-0.2, 0) is 4.79 Å². The molecule has 1 saturated heterocycles. The molecule has 1 aliphatic carbocycles. The maximum absolute atomic E-state index is 12.3. The van der Waals surface area contributed by atoms with Gasteiger partial charge in [-0.25, -0.2) is 4.79 Å². The summed E-state index contributed by atoms with van der Waals surface area (Å²) in [4.78, 5) is 25.5. The summed E-state index contributed by atoms with van der Waals surface area (Å²) in [5.41, 5.74) is 0. The zero-order valence-electron chi connectivity index (χ0n) is 13.2. The summed E-state index contributed by atoms with van der Waals surface area (Å²) >= 11 is 0. The zero-order chi connectivity index (χ0) is 15.4. The van der Waals surface area contributed by atoms with E-state index in [2.05, 4.69) is 19.2 Å². The van der Waals surface area contributed by atoms with Crippen LogP contribution >= 0.6 is 0 Å². The molecule has 2 aliphatic rings. The normalized spacial score (nSPS) is 33.5. The topological polar surface area (TPSA) is 69.6 Å². The van der Waals surface area contributed by atoms with E-state index in [9.17, 15) is 14.7 Å². The van der Waals surface area contributed by atoms with Gasteiger partial charge in [0.1, 0.15) is 0 Å². The molecule has 2 fully saturated rings. The molecule has 5 heteroatoms. The van der Waals surface area contributed by atoms with Gasteiger partial charge in [0.2, 0.25) is 0 Å². The first-order chi connectivity index (χ1) is 9.99. The average Bonchev–Trinajstić information content (AvgIpc) is 2.47. The van der Waals surface area contributed by atoms with Crippen molar-refractivity contribution >= 4 is 12.0 Å². The minimum Gasteiger partial charge on any atom is -0.481 e. The molecule has 4 unspecified atom stereocenters. The number of likely N-dealkylation sites (tertiary alicyclic amines) is 1. The van der Waals surface area contributed by atoms with Crippen LogP contribution in [0.2, 0.25) is 0 Å². The van der Waals surface area contributed by atoms with Gasteiger partial charge in [-0.05, 0) is 44.4 Å². The number of carbonyl (C=O) groups excluding carboxylic acids is 1. The zero-order valence-corrected chi connectivity index (χ0v) is 13.2. The second-order valence-corrected chi connectivity index (χ2v) is 6.86. The molecule has 1 aliphatic heterocycles. The summed E-state index contributed by atoms with van der Waals surface area (Å²) in [6.45, 7) is 5.56. The van der Waals surface area contributed by atoms with Crippen LogP contribution in [0.15, 0.2) is 0 Å². The molecule has 0 bridgehead atoms. The van der Waals surface area contributed by atoms with E-state index in [1.165, 1.54) is 6.42 Å². The number of carboxylic acids is 1. The summed E-state index contributed by atoms with van der Waals surface area (Å²) in [6.07, 6.45) is 5.93. The Morgan fingerprint density at radius 1 is 1.14 bits per heavy atom. The maximum Gasteiger partial charge on any atom is 0.317 e. The van der Waals surface area contributed by atoms with Crippen LogP contribution in [-0.4, -0.2) is 41.1 Å². The van der Waals surface area contributed by atoms with E-state index >= 15 is 0 Å². The lowest BCUT2D eigenvalue weighted by Gasteiger charge is -2.37. The summed E-state index contributed by atoms with van der Waals surface area (Å²) in [7, 11) is 0. The van der Waals surface area contributed by atoms with Crippen LogP contribution in [0.5, 0.6) is 0 Å². The third kappa shape index (κ3) is 4.11. The van der Waals surface area contributed by atoms with Gasteiger partial charge in [0, 0.05) is 19.1 Å². The van der Waals surface area contributed by atoms with Crippen molar-refractivity contribution in [3.8, 4) is 0 Å². The van der Waals surface area contributed by atoms with Gasteiger partial charge in [-0.3, -0.25) is 4.79 Å². The van der Waals surface area contributed by atoms with Crippen molar-refractivity contribution in [3.63, 3.8) is 0 Å². The number of carbonyl (C=O) groups is 2. The van der Waals surface area contributed by atoms with Crippen LogP contribution in [0.1, 0.15) is 52.4 Å². The summed E-state index contributed by atoms with van der Waals surface area (Å²) in [5, 5.41) is 12.3. The van der Waals surface area contributed by atoms with Crippen LogP contribution < -0.4 is 5.32 Å². The van der Waals surface area contributed by atoms with E-state index in [1.807, 2.05) is 4.90 Å². The van der Waals surface area contributed by atoms with E-state index in [4.69, 9.17) is 0 Å². The standard InChI is InChI=1S/C16H28N2O3/c1-11-7-8-12(2)18(10-11)16(21)17-9-13-5-3-4-6-14(13)15(19)20/h11-14H,3-10H2,1-2H3,(H,17,21)(H,19,20). The van der Waals surface area contributed by atoms with E-state index in [-0.39, 0.29) is 23.9 Å². The van der Waals surface area contributed by atoms with Gasteiger partial charge in [0.25, 0.3) is 0 Å². The number of nitrogens with zero attached hydrogens (tertiary/aromatic N) is 1. The van der Waals surface area contributed by atoms with E-state index in [0.717, 1.165) is 38.6 Å². The Balaban J connectivity index is 1.86. The van der Waals surface area contributed by atoms with Gasteiger partial charge in [0.15, 0.2) is 0 Å². The second-order valence-electron chi connectivity index (χ2n) is 6.86. The SMILES string of the molecule is CC1CCC(C)N(C(=O)NCC2CCCCC2C(=O)O)C1. The molecule has 2 N–H and O–H groups in total. The molecule has 5 nitrogen and oxygen atoms in total. The Hall–Kier alpha value is -1.26. The lowest BCUT2D eigenvalue weighted by Crippen LogP contribution is -2.51. The van der Waals surface area contributed by atoms with Gasteiger partial charge >= 0.3 is 12.0 Å². The third-order valence-corrected chi connectivity index (χ3v) is 5.12. The number of amides is 2. The van der Waals surface area contributed by atoms with Crippen molar-refractivity contribution in [3.05, 3.63) is 0 Å². The fraction of sp³-hybridized carbons (Fsp3) is 0.875. The first-order valence-corrected chi connectivity index (χ1v) is 8.26. The molecule has 120 valence electrons. The van der Waals surface area contributed by atoms with E-state index in [1.54, 1.807) is 0 Å². The van der Waals surface area contributed by atoms with Crippen molar-refractivity contribution in [2.75, 3.05) is 13.1 Å². The molecule has 0 spiro atoms. The molecule has 4 atom stereocenters. The first-order valence-electron chi connectivity index (χ1n) is 8.26. The molecular formula is C16H28N2O3. The lowest BCUT2D eigenvalue weighted by molar-refractivity contribution is -0.144. The first kappa shape index (κ1) is 16.1. The summed E-state index contributed by atoms with van der Waals surface area (Å²) in [5.74, 6) is -0.378. The smallest absolute Gasteiger partial charge is 0.317 e. The lowest BCUT2D eigenvalue weighted by atomic mass is 9.79. The Kier molecular flexibility index (Phi) is 5.48. The van der Waals surface area contributed by atoms with Crippen molar-refractivity contribution in [2.45, 2.75) is 58.4 Å². The van der Waals surface area contributed by atoms with Gasteiger partial charge in [-0.15, -0.1) is 0 Å². The highest BCUT2D eigenvalue weighted by atomic mass is 16.4. The third-order valence-electron chi connectivity index (χ3n) is 5.12. The minimum absolute atomic E-state index is 0.0243. The van der Waals surface area contributed by atoms with Crippen LogP contribution in [0.25, 0.3) is 0 Å². The summed E-state index contributed by atoms with van der Waals surface area (Å²) < 4.78 is 0. The number of aliphatic carboxylic acids is 1. The molecule has 1 saturated carbocycles. The number of nitrogens with one attached hydrogen (secondary N) is 1. The Bertz CT molecular complexity index is 386. The Morgan fingerprint density at radius 2 is 1.86 bits per heavy atom. The number of carboxylic acid groups (broad SMARTS) is 1. The highest BCUT2D eigenvalue weighted by molar-refractivity contribution is 5.75. The quantitative estimate of drug-likeness (QED) is 0.841. The number of piperidine rings is 1. The van der Waals surface area contributed by atoms with Gasteiger partial charge in [-0.1, -0.05) is 19.8 Å². The van der Waals surface area contributed by atoms with Crippen LogP contribution in [0.3, 0.4) is 0 Å². The number of hydrogen-bond acceptors (Lipinski definition) is 2. The highest BCUT2D eigenvalue weighted by Crippen LogP contribution is 2.30. The van der Waals surface area contributed by atoms with Crippen molar-refractivity contribution < 1.29 is 14.7 Å². The largest absolute Gasteiger partial charge is 0.481 e. The monoisotopic (exact) mass is 296 g/mol. The number of hydrogen-bond donors (Lipinski definition) is 2. The van der Waals surface area contributed by atoms with E-state index < -0.39 is 5.97 Å². The molecular weight excluding hydrogens is 268 g/mol. The second kappa shape index (κ2) is 7.14. The maximum atomic E-state index is 12.3. The molecule has 0 aromatic rings. The van der Waals surface area contributed by atoms with Crippen molar-refractivity contribution in [1.29, 1.82) is 0 Å². The number of urea groups is 1. The molecule has 21 heavy (non-hydrogen) atoms. The Morgan fingerprint density at radius 3 is 2.57 bits per heavy atom. The fourth-order valence-electron chi connectivity index (χ4n) is 3.67. The van der Waals surface area contributed by atoms with Crippen molar-refractivity contribution in [2.24, 2.45) is 17.8 Å². The highest BCUT2D eigenvalue weighted by Gasteiger charge is 2.32. The minimum atomic E-state index is -0.714. The molecule has 0 aromatic carbocycles. The van der Waals surface area contributed by atoms with Crippen LogP contribution in [0, 0.1) is 17.8 Å². The molecule has 1 heterocycles. The fourth-order valence-corrected chi connectivity index (χ4v) is 3.67. The molecule has 0 aromatic heterocycles. The van der Waals surface area contributed by atoms with Gasteiger partial charge in [-0.2, -0.15) is 0 Å². The number of rotatable bonds is 3. The predicted octanol–water partition coefficient (Wildman–Crippen LogP) is 2.71. The van der Waals surface area contributed by atoms with Crippen molar-refractivity contribution in [1.82, 2.24) is 10.2 Å².